The number of amides is 1. The van der Waals surface area contributed by atoms with Gasteiger partial charge in [0.25, 0.3) is 0 Å². The minimum absolute atomic E-state index is 0.290. The molecule has 2 heterocycles. The van der Waals surface area contributed by atoms with E-state index in [-0.39, 0.29) is 5.92 Å². The third kappa shape index (κ3) is 2.08. The molecular formula is C11H20N2O. The Morgan fingerprint density at radius 3 is 2.50 bits per heavy atom. The van der Waals surface area contributed by atoms with E-state index in [2.05, 4.69) is 4.90 Å². The lowest BCUT2D eigenvalue weighted by Gasteiger charge is -2.28. The van der Waals surface area contributed by atoms with Gasteiger partial charge in [-0.25, -0.2) is 0 Å². The molecule has 2 fully saturated rings. The Bertz CT molecular complexity index is 211. The predicted molar refractivity (Wildman–Crippen MR) is 56.0 cm³/mol. The number of likely N-dealkylation sites (tertiary alicyclic amines) is 2. The quantitative estimate of drug-likeness (QED) is 0.656. The van der Waals surface area contributed by atoms with Crippen LogP contribution in [-0.2, 0) is 4.79 Å². The molecule has 80 valence electrons. The van der Waals surface area contributed by atoms with Crippen molar-refractivity contribution in [2.45, 2.75) is 25.7 Å². The molecule has 2 saturated heterocycles. The molecular weight excluding hydrogens is 176 g/mol. The molecule has 1 unspecified atom stereocenters. The Labute approximate surface area is 86.1 Å². The first-order valence-corrected chi connectivity index (χ1v) is 5.75. The van der Waals surface area contributed by atoms with Gasteiger partial charge in [0.2, 0.25) is 5.91 Å². The van der Waals surface area contributed by atoms with Gasteiger partial charge in [-0.05, 0) is 32.4 Å². The summed E-state index contributed by atoms with van der Waals surface area (Å²) in [6, 6.07) is 0. The van der Waals surface area contributed by atoms with Crippen LogP contribution in [0, 0.1) is 5.92 Å². The lowest BCUT2D eigenvalue weighted by molar-refractivity contribution is -0.130. The second-order valence-corrected chi connectivity index (χ2v) is 4.61. The van der Waals surface area contributed by atoms with E-state index in [1.165, 1.54) is 32.4 Å². The Kier molecular flexibility index (Phi) is 3.06. The van der Waals surface area contributed by atoms with Gasteiger partial charge in [0.1, 0.15) is 0 Å². The van der Waals surface area contributed by atoms with Crippen molar-refractivity contribution < 1.29 is 4.79 Å². The van der Waals surface area contributed by atoms with Crippen LogP contribution in [0.2, 0.25) is 0 Å². The van der Waals surface area contributed by atoms with Crippen LogP contribution < -0.4 is 0 Å². The molecule has 0 radical (unpaired) electrons. The summed E-state index contributed by atoms with van der Waals surface area (Å²) >= 11 is 0. The number of carbonyl (C=O) groups is 1. The first-order valence-electron chi connectivity index (χ1n) is 5.75. The second kappa shape index (κ2) is 4.30. The predicted octanol–water partition coefficient (Wildman–Crippen LogP) is 0.951. The van der Waals surface area contributed by atoms with E-state index in [1.54, 1.807) is 0 Å². The minimum Gasteiger partial charge on any atom is -0.345 e. The van der Waals surface area contributed by atoms with Gasteiger partial charge in [0, 0.05) is 20.1 Å². The highest BCUT2D eigenvalue weighted by Crippen LogP contribution is 2.19. The Hall–Kier alpha value is -0.570. The fraction of sp³-hybridized carbons (Fsp3) is 0.909. The zero-order chi connectivity index (χ0) is 9.97. The average molecular weight is 196 g/mol. The van der Waals surface area contributed by atoms with Crippen molar-refractivity contribution in [1.29, 1.82) is 0 Å². The summed E-state index contributed by atoms with van der Waals surface area (Å²) in [6.45, 7) is 4.36. The van der Waals surface area contributed by atoms with Gasteiger partial charge in [0.05, 0.1) is 5.92 Å². The standard InChI is InChI=1S/C11H20N2O/c1-12-8-5-10(11(12)14)9-13-6-3-2-4-7-13/h10H,2-9H2,1H3. The lowest BCUT2D eigenvalue weighted by atomic mass is 10.1. The first-order chi connectivity index (χ1) is 6.77. The Balaban J connectivity index is 1.82. The maximum Gasteiger partial charge on any atom is 0.226 e. The summed E-state index contributed by atoms with van der Waals surface area (Å²) in [6.07, 6.45) is 5.06. The molecule has 0 aromatic rings. The van der Waals surface area contributed by atoms with Crippen LogP contribution in [0.3, 0.4) is 0 Å². The van der Waals surface area contributed by atoms with Crippen LogP contribution in [0.15, 0.2) is 0 Å². The maximum absolute atomic E-state index is 11.7. The summed E-state index contributed by atoms with van der Waals surface area (Å²) in [5.74, 6) is 0.647. The molecule has 0 N–H and O–H groups in total. The van der Waals surface area contributed by atoms with Gasteiger partial charge in [-0.15, -0.1) is 0 Å². The molecule has 0 aliphatic carbocycles. The molecule has 0 bridgehead atoms. The summed E-state index contributed by atoms with van der Waals surface area (Å²) in [5, 5.41) is 0. The summed E-state index contributed by atoms with van der Waals surface area (Å²) in [7, 11) is 1.92. The summed E-state index contributed by atoms with van der Waals surface area (Å²) < 4.78 is 0. The van der Waals surface area contributed by atoms with E-state index in [9.17, 15) is 4.79 Å². The molecule has 3 nitrogen and oxygen atoms in total. The smallest absolute Gasteiger partial charge is 0.226 e. The molecule has 14 heavy (non-hydrogen) atoms. The van der Waals surface area contributed by atoms with Crippen molar-refractivity contribution in [1.82, 2.24) is 9.80 Å². The lowest BCUT2D eigenvalue weighted by Crippen LogP contribution is -2.36. The van der Waals surface area contributed by atoms with E-state index in [0.717, 1.165) is 19.5 Å². The molecule has 2 rings (SSSR count). The molecule has 0 spiro atoms. The monoisotopic (exact) mass is 196 g/mol. The summed E-state index contributed by atoms with van der Waals surface area (Å²) in [4.78, 5) is 16.0. The van der Waals surface area contributed by atoms with Crippen LogP contribution in [0.4, 0.5) is 0 Å². The van der Waals surface area contributed by atoms with Gasteiger partial charge in [-0.1, -0.05) is 6.42 Å². The van der Waals surface area contributed by atoms with Crippen molar-refractivity contribution >= 4 is 5.91 Å². The number of rotatable bonds is 2. The fourth-order valence-electron chi connectivity index (χ4n) is 2.52. The Morgan fingerprint density at radius 2 is 1.93 bits per heavy atom. The zero-order valence-electron chi connectivity index (χ0n) is 9.04. The molecule has 0 aromatic heterocycles. The number of nitrogens with zero attached hydrogens (tertiary/aromatic N) is 2. The van der Waals surface area contributed by atoms with Crippen LogP contribution in [-0.4, -0.2) is 48.9 Å². The minimum atomic E-state index is 0.290. The van der Waals surface area contributed by atoms with E-state index < -0.39 is 0 Å². The van der Waals surface area contributed by atoms with E-state index in [4.69, 9.17) is 0 Å². The van der Waals surface area contributed by atoms with Crippen molar-refractivity contribution in [2.24, 2.45) is 5.92 Å². The SMILES string of the molecule is CN1CCC(CN2CCCCC2)C1=O. The molecule has 0 aromatic carbocycles. The molecule has 1 amide bonds. The normalized spacial score (nSPS) is 29.9. The van der Waals surface area contributed by atoms with Crippen molar-refractivity contribution in [3.8, 4) is 0 Å². The Morgan fingerprint density at radius 1 is 1.21 bits per heavy atom. The van der Waals surface area contributed by atoms with Crippen molar-refractivity contribution in [2.75, 3.05) is 33.2 Å². The third-order valence-electron chi connectivity index (χ3n) is 3.47. The highest BCUT2D eigenvalue weighted by atomic mass is 16.2. The molecule has 1 atom stereocenters. The van der Waals surface area contributed by atoms with Gasteiger partial charge in [0.15, 0.2) is 0 Å². The van der Waals surface area contributed by atoms with Gasteiger partial charge >= 0.3 is 0 Å². The van der Waals surface area contributed by atoms with Gasteiger partial charge in [-0.3, -0.25) is 4.79 Å². The van der Waals surface area contributed by atoms with Crippen LogP contribution in [0.5, 0.6) is 0 Å². The highest BCUT2D eigenvalue weighted by molar-refractivity contribution is 5.80. The molecule has 2 aliphatic heterocycles. The topological polar surface area (TPSA) is 23.6 Å². The van der Waals surface area contributed by atoms with Crippen molar-refractivity contribution in [3.05, 3.63) is 0 Å². The maximum atomic E-state index is 11.7. The van der Waals surface area contributed by atoms with E-state index >= 15 is 0 Å². The van der Waals surface area contributed by atoms with Gasteiger partial charge < -0.3 is 9.80 Å². The molecule has 2 aliphatic rings. The number of carbonyl (C=O) groups excluding carboxylic acids is 1. The second-order valence-electron chi connectivity index (χ2n) is 4.61. The van der Waals surface area contributed by atoms with Crippen molar-refractivity contribution in [3.63, 3.8) is 0 Å². The fourth-order valence-corrected chi connectivity index (χ4v) is 2.52. The third-order valence-corrected chi connectivity index (χ3v) is 3.47. The number of piperidine rings is 1. The van der Waals surface area contributed by atoms with E-state index in [1.807, 2.05) is 11.9 Å². The molecule has 3 heteroatoms. The first kappa shape index (κ1) is 9.97. The largest absolute Gasteiger partial charge is 0.345 e. The van der Waals surface area contributed by atoms with Gasteiger partial charge in [-0.2, -0.15) is 0 Å². The average Bonchev–Trinajstić information content (AvgIpc) is 2.52. The summed E-state index contributed by atoms with van der Waals surface area (Å²) in [5.41, 5.74) is 0. The van der Waals surface area contributed by atoms with Crippen LogP contribution in [0.1, 0.15) is 25.7 Å². The number of hydrogen-bond donors (Lipinski definition) is 0. The zero-order valence-corrected chi connectivity index (χ0v) is 9.04. The highest BCUT2D eigenvalue weighted by Gasteiger charge is 2.30. The number of hydrogen-bond acceptors (Lipinski definition) is 2. The van der Waals surface area contributed by atoms with Crippen LogP contribution in [0.25, 0.3) is 0 Å². The van der Waals surface area contributed by atoms with Crippen LogP contribution >= 0.6 is 0 Å². The van der Waals surface area contributed by atoms with E-state index in [0.29, 0.717) is 5.91 Å². The molecule has 0 saturated carbocycles.